The summed E-state index contributed by atoms with van der Waals surface area (Å²) < 4.78 is 0.928. The highest BCUT2D eigenvalue weighted by atomic mass is 79.9. The highest BCUT2D eigenvalue weighted by Gasteiger charge is 2.06. The van der Waals surface area contributed by atoms with Crippen LogP contribution in [0.1, 0.15) is 12.0 Å². The summed E-state index contributed by atoms with van der Waals surface area (Å²) in [6, 6.07) is 12.7. The van der Waals surface area contributed by atoms with Crippen molar-refractivity contribution in [2.24, 2.45) is 0 Å². The van der Waals surface area contributed by atoms with Gasteiger partial charge in [-0.25, -0.2) is 4.98 Å². The molecule has 4 nitrogen and oxygen atoms in total. The predicted molar refractivity (Wildman–Crippen MR) is 87.1 cm³/mol. The fourth-order valence-electron chi connectivity index (χ4n) is 1.61. The Hall–Kier alpha value is -1.84. The van der Waals surface area contributed by atoms with Crippen LogP contribution in [0.3, 0.4) is 0 Å². The number of nitriles is 1. The molecule has 0 atom stereocenters. The number of halogens is 1. The van der Waals surface area contributed by atoms with Crippen molar-refractivity contribution in [3.63, 3.8) is 0 Å². The molecule has 0 spiro atoms. The Bertz CT molecular complexity index is 685. The molecular formula is C15H12BrN3OS. The molecule has 0 unspecified atom stereocenters. The van der Waals surface area contributed by atoms with Gasteiger partial charge in [-0.05, 0) is 46.3 Å². The van der Waals surface area contributed by atoms with Gasteiger partial charge >= 0.3 is 0 Å². The van der Waals surface area contributed by atoms with E-state index in [1.54, 1.807) is 30.5 Å². The molecule has 1 amide bonds. The van der Waals surface area contributed by atoms with Gasteiger partial charge in [0.1, 0.15) is 5.03 Å². The number of thioether (sulfide) groups is 1. The summed E-state index contributed by atoms with van der Waals surface area (Å²) in [7, 11) is 0. The largest absolute Gasteiger partial charge is 0.326 e. The van der Waals surface area contributed by atoms with Gasteiger partial charge in [-0.2, -0.15) is 5.26 Å². The molecule has 106 valence electrons. The number of nitrogens with zero attached hydrogens (tertiary/aromatic N) is 2. The van der Waals surface area contributed by atoms with Crippen LogP contribution in [-0.4, -0.2) is 16.6 Å². The van der Waals surface area contributed by atoms with Gasteiger partial charge in [0.05, 0.1) is 11.6 Å². The van der Waals surface area contributed by atoms with Crippen LogP contribution >= 0.6 is 27.7 Å². The number of anilines is 1. The number of benzene rings is 1. The fraction of sp³-hybridized carbons (Fsp3) is 0.133. The van der Waals surface area contributed by atoms with Gasteiger partial charge < -0.3 is 5.32 Å². The Balaban J connectivity index is 1.83. The van der Waals surface area contributed by atoms with E-state index >= 15 is 0 Å². The lowest BCUT2D eigenvalue weighted by atomic mass is 10.2. The third-order valence-electron chi connectivity index (χ3n) is 2.57. The van der Waals surface area contributed by atoms with Gasteiger partial charge in [-0.1, -0.05) is 6.07 Å². The third kappa shape index (κ3) is 4.88. The minimum absolute atomic E-state index is 0.0790. The Morgan fingerprint density at radius 2 is 2.24 bits per heavy atom. The number of hydrogen-bond donors (Lipinski definition) is 1. The Morgan fingerprint density at radius 3 is 3.00 bits per heavy atom. The van der Waals surface area contributed by atoms with Crippen LogP contribution < -0.4 is 5.32 Å². The maximum absolute atomic E-state index is 11.8. The third-order valence-corrected chi connectivity index (χ3v) is 4.48. The van der Waals surface area contributed by atoms with Crippen molar-refractivity contribution in [3.05, 3.63) is 52.6 Å². The van der Waals surface area contributed by atoms with Crippen LogP contribution in [0.5, 0.6) is 0 Å². The van der Waals surface area contributed by atoms with E-state index < -0.39 is 0 Å². The smallest absolute Gasteiger partial charge is 0.225 e. The molecule has 1 aromatic carbocycles. The number of rotatable bonds is 5. The standard InChI is InChI=1S/C15H12BrN3OS/c16-13-5-2-7-18-15(13)21-8-6-14(20)19-12-4-1-3-11(9-12)10-17/h1-5,7,9H,6,8H2,(H,19,20). The number of pyridine rings is 1. The van der Waals surface area contributed by atoms with E-state index in [0.29, 0.717) is 23.4 Å². The first-order valence-electron chi connectivity index (χ1n) is 6.22. The molecule has 0 aliphatic carbocycles. The van der Waals surface area contributed by atoms with E-state index in [0.717, 1.165) is 9.50 Å². The number of carbonyl (C=O) groups excluding carboxylic acids is 1. The SMILES string of the molecule is N#Cc1cccc(NC(=O)CCSc2ncccc2Br)c1. The number of nitrogens with one attached hydrogen (secondary N) is 1. The Morgan fingerprint density at radius 1 is 1.38 bits per heavy atom. The molecule has 0 fully saturated rings. The van der Waals surface area contributed by atoms with Gasteiger partial charge in [0.15, 0.2) is 0 Å². The van der Waals surface area contributed by atoms with Crippen molar-refractivity contribution in [1.29, 1.82) is 5.26 Å². The molecule has 6 heteroatoms. The van der Waals surface area contributed by atoms with Crippen LogP contribution in [0.2, 0.25) is 0 Å². The van der Waals surface area contributed by atoms with E-state index in [1.165, 1.54) is 11.8 Å². The summed E-state index contributed by atoms with van der Waals surface area (Å²) in [4.78, 5) is 16.1. The average molecular weight is 362 g/mol. The summed E-state index contributed by atoms with van der Waals surface area (Å²) >= 11 is 4.94. The lowest BCUT2D eigenvalue weighted by Crippen LogP contribution is -2.12. The first kappa shape index (κ1) is 15.5. The zero-order chi connectivity index (χ0) is 15.1. The van der Waals surface area contributed by atoms with Crippen molar-refractivity contribution in [1.82, 2.24) is 4.98 Å². The molecule has 1 N–H and O–H groups in total. The summed E-state index contributed by atoms with van der Waals surface area (Å²) in [6.45, 7) is 0. The first-order valence-corrected chi connectivity index (χ1v) is 8.00. The van der Waals surface area contributed by atoms with Gasteiger partial charge in [-0.3, -0.25) is 4.79 Å². The molecule has 0 bridgehead atoms. The Labute approximate surface area is 135 Å². The number of hydrogen-bond acceptors (Lipinski definition) is 4. The number of aromatic nitrogens is 1. The number of carbonyl (C=O) groups is 1. The second-order valence-corrected chi connectivity index (χ2v) is 6.07. The van der Waals surface area contributed by atoms with Gasteiger partial charge in [0.25, 0.3) is 0 Å². The summed E-state index contributed by atoms with van der Waals surface area (Å²) in [6.07, 6.45) is 2.10. The van der Waals surface area contributed by atoms with Crippen molar-refractivity contribution in [2.75, 3.05) is 11.1 Å². The molecule has 0 radical (unpaired) electrons. The van der Waals surface area contributed by atoms with E-state index in [9.17, 15) is 4.79 Å². The molecule has 2 rings (SSSR count). The van der Waals surface area contributed by atoms with Crippen molar-refractivity contribution in [3.8, 4) is 6.07 Å². The highest BCUT2D eigenvalue weighted by Crippen LogP contribution is 2.25. The van der Waals surface area contributed by atoms with Crippen molar-refractivity contribution < 1.29 is 4.79 Å². The van der Waals surface area contributed by atoms with Crippen molar-refractivity contribution >= 4 is 39.3 Å². The number of amides is 1. The lowest BCUT2D eigenvalue weighted by Gasteiger charge is -2.06. The molecule has 0 saturated heterocycles. The van der Waals surface area contributed by atoms with Crippen LogP contribution in [0.25, 0.3) is 0 Å². The predicted octanol–water partition coefficient (Wildman–Crippen LogP) is 3.84. The van der Waals surface area contributed by atoms with E-state index in [2.05, 4.69) is 26.2 Å². The highest BCUT2D eigenvalue weighted by molar-refractivity contribution is 9.10. The molecular weight excluding hydrogens is 350 g/mol. The molecule has 0 aliphatic rings. The average Bonchev–Trinajstić information content (AvgIpc) is 2.49. The summed E-state index contributed by atoms with van der Waals surface area (Å²) in [5.41, 5.74) is 1.17. The van der Waals surface area contributed by atoms with Crippen LogP contribution in [0, 0.1) is 11.3 Å². The zero-order valence-electron chi connectivity index (χ0n) is 11.0. The first-order chi connectivity index (χ1) is 10.2. The quantitative estimate of drug-likeness (QED) is 0.821. The van der Waals surface area contributed by atoms with Crippen LogP contribution in [0.15, 0.2) is 52.1 Å². The molecule has 1 heterocycles. The topological polar surface area (TPSA) is 65.8 Å². The van der Waals surface area contributed by atoms with Gasteiger partial charge in [0, 0.05) is 28.5 Å². The lowest BCUT2D eigenvalue weighted by molar-refractivity contribution is -0.115. The molecule has 21 heavy (non-hydrogen) atoms. The summed E-state index contributed by atoms with van der Waals surface area (Å²) in [5.74, 6) is 0.559. The zero-order valence-corrected chi connectivity index (χ0v) is 13.4. The van der Waals surface area contributed by atoms with Crippen LogP contribution in [-0.2, 0) is 4.79 Å². The maximum atomic E-state index is 11.8. The minimum Gasteiger partial charge on any atom is -0.326 e. The fourth-order valence-corrected chi connectivity index (χ4v) is 3.03. The Kier molecular flexibility index (Phi) is 5.78. The van der Waals surface area contributed by atoms with E-state index in [4.69, 9.17) is 5.26 Å². The molecule has 0 saturated carbocycles. The minimum atomic E-state index is -0.0790. The molecule has 0 aliphatic heterocycles. The molecule has 1 aromatic heterocycles. The monoisotopic (exact) mass is 361 g/mol. The van der Waals surface area contributed by atoms with Crippen LogP contribution in [0.4, 0.5) is 5.69 Å². The van der Waals surface area contributed by atoms with Crippen molar-refractivity contribution in [2.45, 2.75) is 11.4 Å². The maximum Gasteiger partial charge on any atom is 0.225 e. The molecule has 2 aromatic rings. The second-order valence-electron chi connectivity index (χ2n) is 4.13. The van der Waals surface area contributed by atoms with Gasteiger partial charge in [-0.15, -0.1) is 11.8 Å². The van der Waals surface area contributed by atoms with Gasteiger partial charge in [0.2, 0.25) is 5.91 Å². The summed E-state index contributed by atoms with van der Waals surface area (Å²) in [5, 5.41) is 12.5. The van der Waals surface area contributed by atoms with E-state index in [-0.39, 0.29) is 5.91 Å². The normalized spacial score (nSPS) is 9.90. The second kappa shape index (κ2) is 7.81. The van der Waals surface area contributed by atoms with E-state index in [1.807, 2.05) is 18.2 Å².